The summed E-state index contributed by atoms with van der Waals surface area (Å²) in [5.74, 6) is -2.62. The molecule has 4 aliphatic carbocycles. The number of carbonyl (C=O) groups is 2. The first-order chi connectivity index (χ1) is 13.6. The molecule has 8 heteroatoms. The maximum Gasteiger partial charge on any atom is 0.313 e. The van der Waals surface area contributed by atoms with Gasteiger partial charge in [-0.25, -0.2) is 0 Å². The Kier molecular flexibility index (Phi) is 3.95. The summed E-state index contributed by atoms with van der Waals surface area (Å²) in [4.78, 5) is 25.8. The summed E-state index contributed by atoms with van der Waals surface area (Å²) < 4.78 is 11.4. The van der Waals surface area contributed by atoms with Crippen LogP contribution in [0.5, 0.6) is 0 Å². The Hall–Kier alpha value is -1.38. The first kappa shape index (κ1) is 19.6. The van der Waals surface area contributed by atoms with E-state index in [9.17, 15) is 19.8 Å². The Morgan fingerprint density at radius 3 is 2.83 bits per heavy atom. The molecule has 0 aromatic carbocycles. The zero-order valence-corrected chi connectivity index (χ0v) is 18.0. The Morgan fingerprint density at radius 1 is 1.45 bits per heavy atom. The smallest absolute Gasteiger partial charge is 0.313 e. The Labute approximate surface area is 178 Å². The van der Waals surface area contributed by atoms with Gasteiger partial charge in [-0.05, 0) is 61.7 Å². The third-order valence-corrected chi connectivity index (χ3v) is 9.67. The third kappa shape index (κ3) is 2.20. The Balaban J connectivity index is 1.75. The van der Waals surface area contributed by atoms with E-state index in [1.165, 1.54) is 18.9 Å². The average Bonchev–Trinajstić information content (AvgIpc) is 3.22. The molecule has 1 aliphatic heterocycles. The number of carboxylic acid groups (broad SMARTS) is 1. The molecule has 3 saturated carbocycles. The lowest BCUT2D eigenvalue weighted by Crippen LogP contribution is -2.55. The van der Waals surface area contributed by atoms with E-state index in [2.05, 4.69) is 12.7 Å². The summed E-state index contributed by atoms with van der Waals surface area (Å²) in [6.07, 6.45) is 3.68. The lowest BCUT2D eigenvalue weighted by atomic mass is 9.60. The van der Waals surface area contributed by atoms with Gasteiger partial charge in [0.2, 0.25) is 4.38 Å². The molecule has 0 aromatic heterocycles. The molecule has 156 valence electrons. The second-order valence-electron chi connectivity index (χ2n) is 9.42. The van der Waals surface area contributed by atoms with Crippen LogP contribution in [0, 0.1) is 28.6 Å². The molecule has 1 saturated heterocycles. The van der Waals surface area contributed by atoms with Crippen molar-refractivity contribution < 1.29 is 29.3 Å². The quantitative estimate of drug-likeness (QED) is 0.388. The number of fused-ring (bicyclic) bond motifs is 4. The number of carboxylic acids is 1. The third-order valence-electron chi connectivity index (χ3n) is 8.34. The highest BCUT2D eigenvalue weighted by Crippen LogP contribution is 2.74. The van der Waals surface area contributed by atoms with Crippen molar-refractivity contribution in [2.45, 2.75) is 49.6 Å². The highest BCUT2D eigenvalue weighted by Gasteiger charge is 2.75. The largest absolute Gasteiger partial charge is 0.481 e. The molecule has 1 heterocycles. The number of carbonyl (C=O) groups excluding carboxylic acids is 1. The molecule has 1 spiro atoms. The predicted molar refractivity (Wildman–Crippen MR) is 110 cm³/mol. The van der Waals surface area contributed by atoms with Crippen molar-refractivity contribution in [1.29, 1.82) is 0 Å². The first-order valence-corrected chi connectivity index (χ1v) is 11.2. The molecule has 6 nitrogen and oxygen atoms in total. The number of thiocarbonyl (C=S) groups is 1. The van der Waals surface area contributed by atoms with E-state index < -0.39 is 46.3 Å². The second kappa shape index (κ2) is 5.86. The van der Waals surface area contributed by atoms with Crippen molar-refractivity contribution in [3.63, 3.8) is 0 Å². The number of esters is 1. The number of aliphatic hydroxyl groups is 1. The summed E-state index contributed by atoms with van der Waals surface area (Å²) in [7, 11) is 1.34. The summed E-state index contributed by atoms with van der Waals surface area (Å²) in [5, 5.41) is 21.3. The van der Waals surface area contributed by atoms with Crippen molar-refractivity contribution >= 4 is 40.3 Å². The van der Waals surface area contributed by atoms with Gasteiger partial charge in [-0.15, -0.1) is 0 Å². The topological polar surface area (TPSA) is 93.1 Å². The minimum atomic E-state index is -1.32. The van der Waals surface area contributed by atoms with E-state index in [1.807, 2.05) is 0 Å². The van der Waals surface area contributed by atoms with Crippen LogP contribution in [0.15, 0.2) is 23.8 Å². The minimum Gasteiger partial charge on any atom is -0.481 e. The van der Waals surface area contributed by atoms with Crippen molar-refractivity contribution in [1.82, 2.24) is 0 Å². The van der Waals surface area contributed by atoms with Crippen molar-refractivity contribution in [2.24, 2.45) is 28.6 Å². The summed E-state index contributed by atoms with van der Waals surface area (Å²) in [5.41, 5.74) is -1.12. The molecule has 5 rings (SSSR count). The molecule has 2 bridgehead atoms. The highest BCUT2D eigenvalue weighted by atomic mass is 32.2. The number of methoxy groups -OCH3 is 1. The zero-order valence-electron chi connectivity index (χ0n) is 16.3. The maximum atomic E-state index is 13.2. The number of ether oxygens (including phenoxy) is 2. The molecular formula is C21H24O6S2. The summed E-state index contributed by atoms with van der Waals surface area (Å²) in [6.45, 7) is 5.80. The lowest BCUT2D eigenvalue weighted by Gasteiger charge is -2.44. The van der Waals surface area contributed by atoms with Crippen LogP contribution in [0.4, 0.5) is 0 Å². The molecule has 0 amide bonds. The number of rotatable bonds is 2. The maximum absolute atomic E-state index is 13.2. The highest BCUT2D eigenvalue weighted by molar-refractivity contribution is 8.23. The fourth-order valence-corrected chi connectivity index (χ4v) is 8.65. The molecule has 0 radical (unpaired) electrons. The van der Waals surface area contributed by atoms with Gasteiger partial charge in [0.05, 0.1) is 23.9 Å². The summed E-state index contributed by atoms with van der Waals surface area (Å²) >= 11 is 6.61. The van der Waals surface area contributed by atoms with Crippen LogP contribution in [0.2, 0.25) is 0 Å². The minimum absolute atomic E-state index is 0.0190. The van der Waals surface area contributed by atoms with Crippen LogP contribution in [-0.4, -0.2) is 50.6 Å². The van der Waals surface area contributed by atoms with E-state index in [0.717, 1.165) is 11.1 Å². The van der Waals surface area contributed by atoms with Gasteiger partial charge in [0.1, 0.15) is 11.5 Å². The molecule has 29 heavy (non-hydrogen) atoms. The number of hydrogen-bond donors (Lipinski definition) is 2. The Bertz CT molecular complexity index is 898. The van der Waals surface area contributed by atoms with Crippen LogP contribution in [-0.2, 0) is 19.1 Å². The van der Waals surface area contributed by atoms with Crippen molar-refractivity contribution in [3.8, 4) is 0 Å². The van der Waals surface area contributed by atoms with Gasteiger partial charge < -0.3 is 19.7 Å². The van der Waals surface area contributed by atoms with Gasteiger partial charge in [0.15, 0.2) is 0 Å². The zero-order chi connectivity index (χ0) is 20.9. The van der Waals surface area contributed by atoms with E-state index in [1.54, 1.807) is 6.92 Å². The van der Waals surface area contributed by atoms with E-state index in [-0.39, 0.29) is 11.2 Å². The lowest BCUT2D eigenvalue weighted by molar-refractivity contribution is -0.167. The number of hydrogen-bond acceptors (Lipinski definition) is 7. The Morgan fingerprint density at radius 2 is 2.17 bits per heavy atom. The SMILES string of the molecule is C=C1C[C@]23C[C@@]1(O)CC[C@H]2C1=C[C@@H]2SC(=S)O[C@@H]2[C@@](C)(C(=O)O)[C@H]1[C@@H]3C(=O)OC. The molecule has 4 fully saturated rings. The molecule has 0 unspecified atom stereocenters. The fraction of sp³-hybridized carbons (Fsp3) is 0.667. The van der Waals surface area contributed by atoms with Crippen molar-refractivity contribution in [2.75, 3.05) is 7.11 Å². The van der Waals surface area contributed by atoms with E-state index >= 15 is 0 Å². The van der Waals surface area contributed by atoms with E-state index in [4.69, 9.17) is 21.7 Å². The molecule has 8 atom stereocenters. The van der Waals surface area contributed by atoms with Crippen LogP contribution in [0.1, 0.15) is 32.6 Å². The second-order valence-corrected chi connectivity index (χ2v) is 11.2. The predicted octanol–water partition coefficient (Wildman–Crippen LogP) is 2.70. The standard InChI is InChI=1S/C21H24O6S2/c1-9-7-20-8-21(9,25)5-4-11(20)10-6-12-15(27-18(28)29-12)19(2,17(23)24)13(10)14(20)16(22)26-3/h6,11-15,25H,1,4-5,7-8H2,2-3H3,(H,23,24)/t11-,12-,13+,14+,15-,19-,20-,21-/m0/s1. The number of thioether (sulfide) groups is 1. The van der Waals surface area contributed by atoms with Gasteiger partial charge in [0.25, 0.3) is 0 Å². The number of allylic oxidation sites excluding steroid dienone is 1. The molecule has 0 aromatic rings. The molecular weight excluding hydrogens is 412 g/mol. The van der Waals surface area contributed by atoms with Crippen LogP contribution in [0.3, 0.4) is 0 Å². The van der Waals surface area contributed by atoms with E-state index in [0.29, 0.717) is 30.1 Å². The summed E-state index contributed by atoms with van der Waals surface area (Å²) in [6, 6.07) is 0. The van der Waals surface area contributed by atoms with Crippen LogP contribution >= 0.6 is 24.0 Å². The molecule has 5 aliphatic rings. The normalized spacial score (nSPS) is 49.6. The average molecular weight is 437 g/mol. The van der Waals surface area contributed by atoms with Gasteiger partial charge in [-0.3, -0.25) is 9.59 Å². The van der Waals surface area contributed by atoms with Gasteiger partial charge in [0, 0.05) is 5.92 Å². The first-order valence-electron chi connectivity index (χ1n) is 9.89. The van der Waals surface area contributed by atoms with Gasteiger partial charge in [-0.2, -0.15) is 0 Å². The van der Waals surface area contributed by atoms with Crippen LogP contribution in [0.25, 0.3) is 0 Å². The monoisotopic (exact) mass is 436 g/mol. The number of aliphatic carboxylic acids is 1. The van der Waals surface area contributed by atoms with Crippen LogP contribution < -0.4 is 0 Å². The molecule has 2 N–H and O–H groups in total. The van der Waals surface area contributed by atoms with Crippen molar-refractivity contribution in [3.05, 3.63) is 23.8 Å². The fourth-order valence-electron chi connectivity index (χ4n) is 7.14. The van der Waals surface area contributed by atoms with Gasteiger partial charge in [-0.1, -0.05) is 30.0 Å². The van der Waals surface area contributed by atoms with Gasteiger partial charge >= 0.3 is 11.9 Å².